The topological polar surface area (TPSA) is 0 Å². The molecule has 90 valence electrons. The maximum Gasteiger partial charge on any atom is 0.0440 e. The second-order valence-corrected chi connectivity index (χ2v) is 5.88. The lowest BCUT2D eigenvalue weighted by Crippen LogP contribution is -2.05. The first-order valence-electron chi connectivity index (χ1n) is 5.88. The molecule has 0 radical (unpaired) electrons. The normalized spacial score (nSPS) is 13.1. The minimum atomic E-state index is 0.261. The average molecular weight is 259 g/mol. The fourth-order valence-electron chi connectivity index (χ4n) is 1.80. The molecule has 1 aromatic carbocycles. The molecule has 0 fully saturated rings. The molecular formula is C14H20Cl2. The Kier molecular flexibility index (Phi) is 5.64. The highest BCUT2D eigenvalue weighted by atomic mass is 35.5. The van der Waals surface area contributed by atoms with Crippen molar-refractivity contribution in [2.24, 2.45) is 5.92 Å². The summed E-state index contributed by atoms with van der Waals surface area (Å²) in [6, 6.07) is 6.23. The van der Waals surface area contributed by atoms with E-state index >= 15 is 0 Å². The molecule has 1 rings (SSSR count). The molecule has 0 bridgehead atoms. The molecule has 1 unspecified atom stereocenters. The molecule has 0 nitrogen and oxygen atoms in total. The average Bonchev–Trinajstić information content (AvgIpc) is 2.15. The van der Waals surface area contributed by atoms with E-state index in [4.69, 9.17) is 23.2 Å². The van der Waals surface area contributed by atoms with Crippen molar-refractivity contribution in [3.8, 4) is 0 Å². The zero-order chi connectivity index (χ0) is 12.1. The Hall–Kier alpha value is -0.200. The molecule has 0 saturated carbocycles. The van der Waals surface area contributed by atoms with Crippen molar-refractivity contribution in [1.29, 1.82) is 0 Å². The zero-order valence-corrected chi connectivity index (χ0v) is 11.8. The number of benzene rings is 1. The smallest absolute Gasteiger partial charge is 0.0440 e. The van der Waals surface area contributed by atoms with Gasteiger partial charge in [0, 0.05) is 10.4 Å². The molecule has 16 heavy (non-hydrogen) atoms. The Balaban J connectivity index is 2.48. The molecular weight excluding hydrogens is 239 g/mol. The van der Waals surface area contributed by atoms with Gasteiger partial charge in [0.2, 0.25) is 0 Å². The van der Waals surface area contributed by atoms with Crippen molar-refractivity contribution < 1.29 is 0 Å². The summed E-state index contributed by atoms with van der Waals surface area (Å²) in [7, 11) is 0. The van der Waals surface area contributed by atoms with Crippen LogP contribution in [0.3, 0.4) is 0 Å². The van der Waals surface area contributed by atoms with Crippen molar-refractivity contribution in [3.05, 3.63) is 34.3 Å². The Morgan fingerprint density at radius 2 is 1.94 bits per heavy atom. The van der Waals surface area contributed by atoms with Gasteiger partial charge in [-0.15, -0.1) is 11.6 Å². The third kappa shape index (κ3) is 4.76. The molecule has 0 amide bonds. The molecule has 1 aromatic rings. The van der Waals surface area contributed by atoms with E-state index in [0.29, 0.717) is 5.92 Å². The van der Waals surface area contributed by atoms with E-state index in [1.165, 1.54) is 11.1 Å². The minimum absolute atomic E-state index is 0.261. The van der Waals surface area contributed by atoms with Crippen LogP contribution in [-0.4, -0.2) is 5.38 Å². The Morgan fingerprint density at radius 3 is 2.50 bits per heavy atom. The first-order chi connectivity index (χ1) is 7.49. The molecule has 0 N–H and O–H groups in total. The van der Waals surface area contributed by atoms with Crippen LogP contribution in [0.15, 0.2) is 18.2 Å². The minimum Gasteiger partial charge on any atom is -0.123 e. The third-order valence-corrected chi connectivity index (χ3v) is 3.41. The van der Waals surface area contributed by atoms with Gasteiger partial charge in [0.05, 0.1) is 0 Å². The molecule has 0 spiro atoms. The fourth-order valence-corrected chi connectivity index (χ4v) is 2.59. The Morgan fingerprint density at radius 1 is 1.25 bits per heavy atom. The standard InChI is InChI=1S/C14H20Cl2/c1-10(2)8-13(15)7-6-12-5-4-11(3)9-14(12)16/h4-5,9-10,13H,6-8H2,1-3H3. The molecule has 0 saturated heterocycles. The van der Waals surface area contributed by atoms with Crippen LogP contribution < -0.4 is 0 Å². The summed E-state index contributed by atoms with van der Waals surface area (Å²) in [6.45, 7) is 6.46. The highest BCUT2D eigenvalue weighted by Gasteiger charge is 2.09. The van der Waals surface area contributed by atoms with E-state index in [2.05, 4.69) is 32.9 Å². The Bertz CT molecular complexity index is 332. The predicted molar refractivity (Wildman–Crippen MR) is 73.6 cm³/mol. The second kappa shape index (κ2) is 6.51. The van der Waals surface area contributed by atoms with E-state index < -0.39 is 0 Å². The van der Waals surface area contributed by atoms with Crippen LogP contribution in [0.25, 0.3) is 0 Å². The molecule has 0 aliphatic heterocycles. The van der Waals surface area contributed by atoms with Crippen LogP contribution in [0.5, 0.6) is 0 Å². The lowest BCUT2D eigenvalue weighted by Gasteiger charge is -2.12. The number of alkyl halides is 1. The van der Waals surface area contributed by atoms with Gasteiger partial charge in [-0.1, -0.05) is 37.6 Å². The van der Waals surface area contributed by atoms with Crippen LogP contribution in [-0.2, 0) is 6.42 Å². The van der Waals surface area contributed by atoms with Gasteiger partial charge in [-0.05, 0) is 49.3 Å². The first-order valence-corrected chi connectivity index (χ1v) is 6.69. The monoisotopic (exact) mass is 258 g/mol. The summed E-state index contributed by atoms with van der Waals surface area (Å²) in [5, 5.41) is 1.13. The van der Waals surface area contributed by atoms with Gasteiger partial charge in [-0.3, -0.25) is 0 Å². The lowest BCUT2D eigenvalue weighted by atomic mass is 10.0. The maximum absolute atomic E-state index is 6.27. The summed E-state index contributed by atoms with van der Waals surface area (Å²) in [4.78, 5) is 0. The molecule has 0 heterocycles. The van der Waals surface area contributed by atoms with Gasteiger partial charge in [-0.2, -0.15) is 0 Å². The van der Waals surface area contributed by atoms with Gasteiger partial charge in [0.25, 0.3) is 0 Å². The largest absolute Gasteiger partial charge is 0.123 e. The summed E-state index contributed by atoms with van der Waals surface area (Å²) in [5.74, 6) is 0.663. The summed E-state index contributed by atoms with van der Waals surface area (Å²) >= 11 is 12.4. The van der Waals surface area contributed by atoms with Crippen LogP contribution >= 0.6 is 23.2 Å². The first kappa shape index (κ1) is 13.9. The maximum atomic E-state index is 6.27. The molecule has 1 atom stereocenters. The highest BCUT2D eigenvalue weighted by Crippen LogP contribution is 2.22. The fraction of sp³-hybridized carbons (Fsp3) is 0.571. The van der Waals surface area contributed by atoms with Crippen molar-refractivity contribution in [3.63, 3.8) is 0 Å². The van der Waals surface area contributed by atoms with Crippen LogP contribution in [0.4, 0.5) is 0 Å². The third-order valence-electron chi connectivity index (χ3n) is 2.66. The van der Waals surface area contributed by atoms with Crippen molar-refractivity contribution in [2.75, 3.05) is 0 Å². The Labute approximate surface area is 109 Å². The number of hydrogen-bond acceptors (Lipinski definition) is 0. The van der Waals surface area contributed by atoms with Gasteiger partial charge in [-0.25, -0.2) is 0 Å². The molecule has 0 aliphatic carbocycles. The van der Waals surface area contributed by atoms with Gasteiger partial charge >= 0.3 is 0 Å². The quantitative estimate of drug-likeness (QED) is 0.635. The molecule has 2 heteroatoms. The second-order valence-electron chi connectivity index (χ2n) is 4.86. The van der Waals surface area contributed by atoms with Crippen molar-refractivity contribution >= 4 is 23.2 Å². The van der Waals surface area contributed by atoms with E-state index in [0.717, 1.165) is 24.3 Å². The van der Waals surface area contributed by atoms with Crippen LogP contribution in [0, 0.1) is 12.8 Å². The van der Waals surface area contributed by atoms with E-state index in [1.807, 2.05) is 6.07 Å². The van der Waals surface area contributed by atoms with Crippen LogP contribution in [0.1, 0.15) is 37.8 Å². The van der Waals surface area contributed by atoms with Gasteiger partial charge < -0.3 is 0 Å². The number of halogens is 2. The SMILES string of the molecule is Cc1ccc(CCC(Cl)CC(C)C)c(Cl)c1. The van der Waals surface area contributed by atoms with Gasteiger partial charge in [0.15, 0.2) is 0 Å². The number of hydrogen-bond donors (Lipinski definition) is 0. The number of aryl methyl sites for hydroxylation is 2. The predicted octanol–water partition coefficient (Wildman–Crippen LogP) is 5.23. The summed E-state index contributed by atoms with van der Waals surface area (Å²) in [6.07, 6.45) is 3.05. The summed E-state index contributed by atoms with van der Waals surface area (Å²) < 4.78 is 0. The van der Waals surface area contributed by atoms with Crippen LogP contribution in [0.2, 0.25) is 5.02 Å². The molecule has 0 aliphatic rings. The zero-order valence-electron chi connectivity index (χ0n) is 10.3. The lowest BCUT2D eigenvalue weighted by molar-refractivity contribution is 0.544. The van der Waals surface area contributed by atoms with Crippen molar-refractivity contribution in [1.82, 2.24) is 0 Å². The van der Waals surface area contributed by atoms with E-state index in [1.54, 1.807) is 0 Å². The van der Waals surface area contributed by atoms with E-state index in [-0.39, 0.29) is 5.38 Å². The molecule has 0 aromatic heterocycles. The van der Waals surface area contributed by atoms with E-state index in [9.17, 15) is 0 Å². The number of rotatable bonds is 5. The van der Waals surface area contributed by atoms with Gasteiger partial charge in [0.1, 0.15) is 0 Å². The van der Waals surface area contributed by atoms with Crippen molar-refractivity contribution in [2.45, 2.75) is 45.4 Å². The highest BCUT2D eigenvalue weighted by molar-refractivity contribution is 6.31. The summed E-state index contributed by atoms with van der Waals surface area (Å²) in [5.41, 5.74) is 2.42.